The molecule has 0 saturated carbocycles. The first kappa shape index (κ1) is 19.1. The summed E-state index contributed by atoms with van der Waals surface area (Å²) in [5, 5.41) is 19.3. The molecule has 1 unspecified atom stereocenters. The Balaban J connectivity index is 1.50. The molecule has 2 N–H and O–H groups in total. The molecule has 1 saturated heterocycles. The molecular formula is C19H19N9O2. The molecular weight excluding hydrogens is 386 g/mol. The van der Waals surface area contributed by atoms with Crippen molar-refractivity contribution in [3.63, 3.8) is 0 Å². The van der Waals surface area contributed by atoms with E-state index in [0.29, 0.717) is 18.1 Å². The third-order valence-electron chi connectivity index (χ3n) is 4.67. The van der Waals surface area contributed by atoms with E-state index in [9.17, 15) is 4.79 Å². The first-order valence-electron chi connectivity index (χ1n) is 9.23. The Morgan fingerprint density at radius 2 is 2.27 bits per heavy atom. The smallest absolute Gasteiger partial charge is 0.250 e. The molecule has 1 atom stereocenters. The van der Waals surface area contributed by atoms with Gasteiger partial charge in [0.1, 0.15) is 17.5 Å². The first-order chi connectivity index (χ1) is 14.6. The van der Waals surface area contributed by atoms with E-state index in [1.807, 2.05) is 24.3 Å². The fourth-order valence-electron chi connectivity index (χ4n) is 3.28. The van der Waals surface area contributed by atoms with Gasteiger partial charge in [-0.3, -0.25) is 10.1 Å². The number of aromatic nitrogens is 5. The maximum atomic E-state index is 11.5. The molecule has 3 aromatic rings. The Hall–Kier alpha value is -4.20. The number of carbonyl (C=O) groups excluding carboxylic acids is 1. The minimum absolute atomic E-state index is 0.0985. The van der Waals surface area contributed by atoms with Crippen LogP contribution in [-0.2, 0) is 4.79 Å². The zero-order valence-corrected chi connectivity index (χ0v) is 16.2. The van der Waals surface area contributed by atoms with Crippen molar-refractivity contribution in [1.82, 2.24) is 24.6 Å². The van der Waals surface area contributed by atoms with Crippen molar-refractivity contribution in [2.75, 3.05) is 35.7 Å². The molecule has 0 aromatic carbocycles. The van der Waals surface area contributed by atoms with Crippen molar-refractivity contribution in [2.45, 2.75) is 12.5 Å². The lowest BCUT2D eigenvalue weighted by molar-refractivity contribution is -0.111. The van der Waals surface area contributed by atoms with Crippen molar-refractivity contribution >= 4 is 29.3 Å². The summed E-state index contributed by atoms with van der Waals surface area (Å²) >= 11 is 0. The molecule has 1 aliphatic rings. The van der Waals surface area contributed by atoms with Crippen LogP contribution in [0.5, 0.6) is 5.88 Å². The summed E-state index contributed by atoms with van der Waals surface area (Å²) in [7, 11) is 1.47. The van der Waals surface area contributed by atoms with Gasteiger partial charge in [-0.1, -0.05) is 12.6 Å². The number of fused-ring (bicyclic) bond motifs is 1. The van der Waals surface area contributed by atoms with Gasteiger partial charge in [0, 0.05) is 19.1 Å². The molecule has 1 amide bonds. The van der Waals surface area contributed by atoms with Gasteiger partial charge in [-0.15, -0.1) is 5.10 Å². The van der Waals surface area contributed by atoms with Crippen LogP contribution in [0.3, 0.4) is 0 Å². The maximum absolute atomic E-state index is 11.5. The van der Waals surface area contributed by atoms with E-state index < -0.39 is 0 Å². The number of nitriles is 1. The van der Waals surface area contributed by atoms with Gasteiger partial charge in [-0.2, -0.15) is 19.7 Å². The molecule has 0 aliphatic carbocycles. The van der Waals surface area contributed by atoms with Gasteiger partial charge >= 0.3 is 0 Å². The van der Waals surface area contributed by atoms with Gasteiger partial charge in [-0.05, 0) is 24.6 Å². The number of carbonyl (C=O) groups is 1. The van der Waals surface area contributed by atoms with E-state index in [1.54, 1.807) is 4.52 Å². The molecule has 4 heterocycles. The van der Waals surface area contributed by atoms with Gasteiger partial charge in [0.15, 0.2) is 5.65 Å². The number of hydrogen-bond donors (Lipinski definition) is 2. The molecule has 152 valence electrons. The second-order valence-corrected chi connectivity index (χ2v) is 6.59. The minimum Gasteiger partial charge on any atom is -0.480 e. The Kier molecular flexibility index (Phi) is 5.13. The number of amides is 1. The number of nitrogens with zero attached hydrogens (tertiary/aromatic N) is 7. The molecule has 11 heteroatoms. The number of nitrogens with one attached hydrogen (secondary N) is 2. The van der Waals surface area contributed by atoms with Gasteiger partial charge in [0.2, 0.25) is 23.7 Å². The maximum Gasteiger partial charge on any atom is 0.250 e. The Labute approximate surface area is 172 Å². The van der Waals surface area contributed by atoms with E-state index in [0.717, 1.165) is 18.8 Å². The summed E-state index contributed by atoms with van der Waals surface area (Å²) in [6, 6.07) is 7.76. The highest BCUT2D eigenvalue weighted by molar-refractivity contribution is 5.97. The molecule has 30 heavy (non-hydrogen) atoms. The van der Waals surface area contributed by atoms with Gasteiger partial charge < -0.3 is 15.0 Å². The van der Waals surface area contributed by atoms with E-state index in [1.165, 1.54) is 19.4 Å². The standard InChI is InChI=1S/C19H19N9O2/c1-3-15(29)24-19-23-14-5-4-6-16(28(14)26-19)27-8-7-13(11-27)22-18-21-10-12(9-20)17(25-18)30-2/h3-6,10,13H,1,7-8,11H2,2H3,(H,21,22,25)(H,24,26,29). The van der Waals surface area contributed by atoms with E-state index in [4.69, 9.17) is 10.00 Å². The summed E-state index contributed by atoms with van der Waals surface area (Å²) in [6.45, 7) is 4.91. The van der Waals surface area contributed by atoms with Crippen LogP contribution in [0.25, 0.3) is 5.65 Å². The second kappa shape index (κ2) is 8.04. The Morgan fingerprint density at radius 1 is 1.40 bits per heavy atom. The van der Waals surface area contributed by atoms with E-state index in [-0.39, 0.29) is 29.3 Å². The quantitative estimate of drug-likeness (QED) is 0.580. The van der Waals surface area contributed by atoms with E-state index >= 15 is 0 Å². The van der Waals surface area contributed by atoms with Crippen LogP contribution in [0, 0.1) is 11.3 Å². The predicted octanol–water partition coefficient (Wildman–Crippen LogP) is 1.21. The summed E-state index contributed by atoms with van der Waals surface area (Å²) < 4.78 is 6.84. The molecule has 3 aromatic heterocycles. The predicted molar refractivity (Wildman–Crippen MR) is 109 cm³/mol. The average Bonchev–Trinajstić information content (AvgIpc) is 3.39. The second-order valence-electron chi connectivity index (χ2n) is 6.59. The molecule has 4 rings (SSSR count). The zero-order valence-electron chi connectivity index (χ0n) is 16.2. The van der Waals surface area contributed by atoms with Crippen LogP contribution in [0.15, 0.2) is 37.1 Å². The van der Waals surface area contributed by atoms with Crippen LogP contribution in [-0.4, -0.2) is 56.7 Å². The molecule has 11 nitrogen and oxygen atoms in total. The topological polar surface area (TPSA) is 133 Å². The van der Waals surface area contributed by atoms with Crippen LogP contribution in [0.4, 0.5) is 17.7 Å². The first-order valence-corrected chi connectivity index (χ1v) is 9.23. The van der Waals surface area contributed by atoms with Crippen molar-refractivity contribution in [1.29, 1.82) is 5.26 Å². The summed E-state index contributed by atoms with van der Waals surface area (Å²) in [4.78, 5) is 26.5. The van der Waals surface area contributed by atoms with Crippen LogP contribution >= 0.6 is 0 Å². The molecule has 1 aliphatic heterocycles. The lowest BCUT2D eigenvalue weighted by Crippen LogP contribution is -2.28. The normalized spacial score (nSPS) is 15.6. The Morgan fingerprint density at radius 3 is 3.03 bits per heavy atom. The summed E-state index contributed by atoms with van der Waals surface area (Å²) in [5.41, 5.74) is 0.914. The number of ether oxygens (including phenoxy) is 1. The highest BCUT2D eigenvalue weighted by Crippen LogP contribution is 2.24. The van der Waals surface area contributed by atoms with Crippen molar-refractivity contribution in [3.8, 4) is 11.9 Å². The number of anilines is 3. The van der Waals surface area contributed by atoms with Crippen LogP contribution in [0.2, 0.25) is 0 Å². The fraction of sp³-hybridized carbons (Fsp3) is 0.263. The molecule has 0 bridgehead atoms. The highest BCUT2D eigenvalue weighted by atomic mass is 16.5. The minimum atomic E-state index is -0.365. The molecule has 0 spiro atoms. The van der Waals surface area contributed by atoms with Crippen molar-refractivity contribution < 1.29 is 9.53 Å². The van der Waals surface area contributed by atoms with Crippen molar-refractivity contribution in [2.24, 2.45) is 0 Å². The number of hydrogen-bond acceptors (Lipinski definition) is 9. The molecule has 1 fully saturated rings. The SMILES string of the molecule is C=CC(=O)Nc1nc2cccc(N3CCC(Nc4ncc(C#N)c(OC)n4)C3)n2n1. The Bertz CT molecular complexity index is 1150. The summed E-state index contributed by atoms with van der Waals surface area (Å²) in [5.74, 6) is 1.37. The fourth-order valence-corrected chi connectivity index (χ4v) is 3.28. The molecule has 0 radical (unpaired) electrons. The third kappa shape index (κ3) is 3.70. The zero-order chi connectivity index (χ0) is 21.1. The van der Waals surface area contributed by atoms with Gasteiger partial charge in [0.05, 0.1) is 13.3 Å². The van der Waals surface area contributed by atoms with E-state index in [2.05, 4.69) is 42.2 Å². The third-order valence-corrected chi connectivity index (χ3v) is 4.67. The average molecular weight is 405 g/mol. The highest BCUT2D eigenvalue weighted by Gasteiger charge is 2.25. The monoisotopic (exact) mass is 405 g/mol. The summed E-state index contributed by atoms with van der Waals surface area (Å²) in [6.07, 6.45) is 3.47. The van der Waals surface area contributed by atoms with Crippen LogP contribution < -0.4 is 20.3 Å². The van der Waals surface area contributed by atoms with Crippen LogP contribution in [0.1, 0.15) is 12.0 Å². The van der Waals surface area contributed by atoms with Gasteiger partial charge in [-0.25, -0.2) is 4.98 Å². The number of pyridine rings is 1. The van der Waals surface area contributed by atoms with Crippen molar-refractivity contribution in [3.05, 3.63) is 42.6 Å². The number of methoxy groups -OCH3 is 1. The number of rotatable bonds is 6. The van der Waals surface area contributed by atoms with Gasteiger partial charge in [0.25, 0.3) is 0 Å². The largest absolute Gasteiger partial charge is 0.480 e. The lowest BCUT2D eigenvalue weighted by Gasteiger charge is -2.19. The lowest BCUT2D eigenvalue weighted by atomic mass is 10.3.